The summed E-state index contributed by atoms with van der Waals surface area (Å²) in [5.41, 5.74) is 2.43. The van der Waals surface area contributed by atoms with Crippen LogP contribution in [0.5, 0.6) is 5.75 Å². The number of phenols is 1. The number of carbonyl (C=O) groups is 1. The lowest BCUT2D eigenvalue weighted by Gasteiger charge is -2.27. The van der Waals surface area contributed by atoms with Gasteiger partial charge >= 0.3 is 0 Å². The maximum absolute atomic E-state index is 10.4. The molecule has 0 unspecified atom stereocenters. The number of phenolic OH excluding ortho intramolecular Hbond substituents is 1. The van der Waals surface area contributed by atoms with Gasteiger partial charge in [-0.3, -0.25) is 4.79 Å². The lowest BCUT2D eigenvalue weighted by atomic mass is 9.78. The summed E-state index contributed by atoms with van der Waals surface area (Å²) in [7, 11) is 0. The van der Waals surface area contributed by atoms with E-state index in [1.165, 1.54) is 0 Å². The number of hydrogen-bond donors (Lipinski definition) is 2. The molecule has 0 spiro atoms. The molecule has 0 aliphatic carbocycles. The number of aliphatic carboxylic acids is 1. The van der Waals surface area contributed by atoms with Crippen LogP contribution in [-0.4, -0.2) is 16.2 Å². The van der Waals surface area contributed by atoms with Gasteiger partial charge in [-0.2, -0.15) is 0 Å². The quantitative estimate of drug-likeness (QED) is 0.708. The van der Waals surface area contributed by atoms with Gasteiger partial charge in [-0.1, -0.05) is 47.5 Å². The molecule has 0 aliphatic heterocycles. The van der Waals surface area contributed by atoms with Crippen molar-refractivity contribution in [3.63, 3.8) is 0 Å². The van der Waals surface area contributed by atoms with Crippen molar-refractivity contribution in [3.05, 3.63) is 28.8 Å². The zero-order valence-corrected chi connectivity index (χ0v) is 14.0. The van der Waals surface area contributed by atoms with Crippen LogP contribution in [0.15, 0.2) is 12.1 Å². The van der Waals surface area contributed by atoms with Gasteiger partial charge in [0, 0.05) is 23.6 Å². The fourth-order valence-corrected chi connectivity index (χ4v) is 1.86. The number of hydrogen-bond acceptors (Lipinski definition) is 2. The van der Waals surface area contributed by atoms with E-state index in [0.29, 0.717) is 5.75 Å². The molecule has 1 aromatic carbocycles. The fourth-order valence-electron chi connectivity index (χ4n) is 1.86. The smallest absolute Gasteiger partial charge is 0.300 e. The van der Waals surface area contributed by atoms with Crippen LogP contribution < -0.4 is 0 Å². The number of carboxylic acid groups (broad SMARTS) is 1. The van der Waals surface area contributed by atoms with Crippen molar-refractivity contribution in [2.75, 3.05) is 0 Å². The Morgan fingerprint density at radius 1 is 1.05 bits per heavy atom. The van der Waals surface area contributed by atoms with Gasteiger partial charge in [0.1, 0.15) is 5.75 Å². The molecule has 1 aromatic rings. The summed E-state index contributed by atoms with van der Waals surface area (Å²) in [5.74, 6) is 2.21. The average Bonchev–Trinajstić information content (AvgIpc) is 2.25. The molecule has 3 nitrogen and oxygen atoms in total. The molecular weight excluding hydrogens is 264 g/mol. The Morgan fingerprint density at radius 3 is 1.52 bits per heavy atom. The molecule has 0 radical (unpaired) electrons. The molecule has 0 atom stereocenters. The van der Waals surface area contributed by atoms with E-state index in [4.69, 9.17) is 16.3 Å². The van der Waals surface area contributed by atoms with Crippen molar-refractivity contribution < 1.29 is 15.0 Å². The van der Waals surface area contributed by atoms with Crippen LogP contribution in [0.2, 0.25) is 0 Å². The Hall–Kier alpha value is -1.95. The van der Waals surface area contributed by atoms with E-state index >= 15 is 0 Å². The Kier molecular flexibility index (Phi) is 6.05. The average molecular weight is 290 g/mol. The van der Waals surface area contributed by atoms with Gasteiger partial charge in [-0.15, -0.1) is 6.42 Å². The molecule has 0 fully saturated rings. The van der Waals surface area contributed by atoms with Crippen LogP contribution in [0.4, 0.5) is 0 Å². The van der Waals surface area contributed by atoms with Crippen molar-refractivity contribution in [1.29, 1.82) is 0 Å². The summed E-state index contributed by atoms with van der Waals surface area (Å²) >= 11 is 0. The maximum atomic E-state index is 10.4. The van der Waals surface area contributed by atoms with Crippen molar-refractivity contribution in [2.45, 2.75) is 59.3 Å². The predicted octanol–water partition coefficient (Wildman–Crippen LogP) is 4.06. The van der Waals surface area contributed by atoms with Gasteiger partial charge in [0.25, 0.3) is 5.97 Å². The number of terminal acetylenes is 1. The second kappa shape index (κ2) is 6.67. The number of aromatic hydroxyl groups is 1. The predicted molar refractivity (Wildman–Crippen MR) is 86.8 cm³/mol. The second-order valence-electron chi connectivity index (χ2n) is 7.08. The van der Waals surface area contributed by atoms with E-state index in [0.717, 1.165) is 23.6 Å². The fraction of sp³-hybridized carbons (Fsp3) is 0.500. The third-order valence-electron chi connectivity index (χ3n) is 2.89. The molecule has 0 saturated carbocycles. The molecule has 0 saturated heterocycles. The van der Waals surface area contributed by atoms with E-state index < -0.39 is 5.97 Å². The molecule has 0 bridgehead atoms. The van der Waals surface area contributed by atoms with Gasteiger partial charge in [-0.25, -0.2) is 0 Å². The van der Waals surface area contributed by atoms with Crippen molar-refractivity contribution in [1.82, 2.24) is 0 Å². The molecule has 0 amide bonds. The minimum atomic E-state index is -0.833. The van der Waals surface area contributed by atoms with Gasteiger partial charge in [0.05, 0.1) is 0 Å². The third-order valence-corrected chi connectivity index (χ3v) is 2.89. The van der Waals surface area contributed by atoms with Crippen LogP contribution in [0.1, 0.15) is 65.2 Å². The summed E-state index contributed by atoms with van der Waals surface area (Å²) in [6.07, 6.45) is 5.49. The molecule has 0 aromatic heterocycles. The first-order chi connectivity index (χ1) is 9.30. The molecule has 0 heterocycles. The topological polar surface area (TPSA) is 57.5 Å². The highest BCUT2D eigenvalue weighted by Crippen LogP contribution is 2.39. The molecule has 3 heteroatoms. The summed E-state index contributed by atoms with van der Waals surface area (Å²) in [6, 6.07) is 3.81. The molecular formula is C18H26O3. The molecule has 1 rings (SSSR count). The van der Waals surface area contributed by atoms with Gasteiger partial charge in [-0.05, 0) is 23.0 Å². The second-order valence-corrected chi connectivity index (χ2v) is 7.08. The van der Waals surface area contributed by atoms with Crippen molar-refractivity contribution >= 4 is 5.97 Å². The maximum Gasteiger partial charge on any atom is 0.300 e. The van der Waals surface area contributed by atoms with Gasteiger partial charge in [0.2, 0.25) is 0 Å². The minimum Gasteiger partial charge on any atom is -0.507 e. The first kappa shape index (κ1) is 19.1. The normalized spacial score (nSPS) is 11.1. The Bertz CT molecular complexity index is 510. The van der Waals surface area contributed by atoms with Crippen LogP contribution in [0.25, 0.3) is 0 Å². The van der Waals surface area contributed by atoms with E-state index in [2.05, 4.69) is 47.5 Å². The van der Waals surface area contributed by atoms with Gasteiger partial charge in [0.15, 0.2) is 0 Å². The van der Waals surface area contributed by atoms with Crippen LogP contribution in [-0.2, 0) is 15.6 Å². The van der Waals surface area contributed by atoms with E-state index in [-0.39, 0.29) is 10.8 Å². The first-order valence-corrected chi connectivity index (χ1v) is 6.84. The summed E-state index contributed by atoms with van der Waals surface area (Å²) in [4.78, 5) is 9.00. The summed E-state index contributed by atoms with van der Waals surface area (Å²) in [5, 5.41) is 17.8. The Balaban J connectivity index is 0.000000885. The van der Waals surface area contributed by atoms with Crippen molar-refractivity contribution in [3.8, 4) is 18.1 Å². The van der Waals surface area contributed by atoms with Crippen LogP contribution in [0.3, 0.4) is 0 Å². The van der Waals surface area contributed by atoms with Crippen LogP contribution >= 0.6 is 0 Å². The monoisotopic (exact) mass is 290 g/mol. The van der Waals surface area contributed by atoms with Crippen LogP contribution in [0, 0.1) is 12.3 Å². The highest BCUT2D eigenvalue weighted by molar-refractivity contribution is 5.63. The standard InChI is InChI=1S/C16H22O.C2H4O2/c1-8-11-9-12(15(2,3)4)14(17)13(10-11)16(5,6)7;1-2(3)4/h1,9-10,17H,2-7H3;1H3,(H,3,4). The minimum absolute atomic E-state index is 0.114. The molecule has 21 heavy (non-hydrogen) atoms. The number of rotatable bonds is 0. The number of benzene rings is 1. The SMILES string of the molecule is C#Cc1cc(C(C)(C)C)c(O)c(C(C)(C)C)c1.CC(=O)O. The highest BCUT2D eigenvalue weighted by Gasteiger charge is 2.26. The van der Waals surface area contributed by atoms with E-state index in [1.807, 2.05) is 12.1 Å². The zero-order chi connectivity index (χ0) is 17.0. The largest absolute Gasteiger partial charge is 0.507 e. The summed E-state index contributed by atoms with van der Waals surface area (Å²) in [6.45, 7) is 13.6. The molecule has 2 N–H and O–H groups in total. The first-order valence-electron chi connectivity index (χ1n) is 6.84. The Morgan fingerprint density at radius 2 is 1.33 bits per heavy atom. The highest BCUT2D eigenvalue weighted by atomic mass is 16.4. The van der Waals surface area contributed by atoms with Crippen molar-refractivity contribution in [2.24, 2.45) is 0 Å². The zero-order valence-electron chi connectivity index (χ0n) is 14.0. The number of carboxylic acids is 1. The van der Waals surface area contributed by atoms with E-state index in [1.54, 1.807) is 0 Å². The third kappa shape index (κ3) is 5.91. The lowest BCUT2D eigenvalue weighted by Crippen LogP contribution is -2.17. The summed E-state index contributed by atoms with van der Waals surface area (Å²) < 4.78 is 0. The molecule has 0 aliphatic rings. The molecule has 116 valence electrons. The Labute approximate surface area is 128 Å². The lowest BCUT2D eigenvalue weighted by molar-refractivity contribution is -0.134. The van der Waals surface area contributed by atoms with Gasteiger partial charge < -0.3 is 10.2 Å². The van der Waals surface area contributed by atoms with E-state index in [9.17, 15) is 5.11 Å².